The number of carbonyl (C=O) groups excluding carboxylic acids is 1. The van der Waals surface area contributed by atoms with Gasteiger partial charge in [0.05, 0.1) is 5.56 Å². The molecule has 0 heterocycles. The molecule has 1 aliphatic rings. The van der Waals surface area contributed by atoms with E-state index in [1.165, 1.54) is 25.0 Å². The Morgan fingerprint density at radius 2 is 1.87 bits per heavy atom. The average Bonchev–Trinajstić information content (AvgIpc) is 3.32. The van der Waals surface area contributed by atoms with E-state index in [-0.39, 0.29) is 12.6 Å². The molecule has 2 N–H and O–H groups in total. The van der Waals surface area contributed by atoms with Crippen molar-refractivity contribution in [1.29, 1.82) is 0 Å². The van der Waals surface area contributed by atoms with Gasteiger partial charge in [0.15, 0.2) is 0 Å². The van der Waals surface area contributed by atoms with Crippen molar-refractivity contribution in [2.45, 2.75) is 32.0 Å². The fourth-order valence-electron chi connectivity index (χ4n) is 1.97. The molecular weight excluding hydrogens is 309 g/mol. The number of benzene rings is 1. The van der Waals surface area contributed by atoms with Gasteiger partial charge >= 0.3 is 12.2 Å². The molecule has 0 bridgehead atoms. The van der Waals surface area contributed by atoms with Gasteiger partial charge in [-0.2, -0.15) is 13.2 Å². The number of ether oxygens (including phenoxy) is 1. The Kier molecular flexibility index (Phi) is 6.27. The summed E-state index contributed by atoms with van der Waals surface area (Å²) >= 11 is 0. The zero-order chi connectivity index (χ0) is 16.7. The summed E-state index contributed by atoms with van der Waals surface area (Å²) in [7, 11) is 0. The van der Waals surface area contributed by atoms with Gasteiger partial charge < -0.3 is 15.4 Å². The Morgan fingerprint density at radius 1 is 1.17 bits per heavy atom. The molecule has 0 saturated heterocycles. The van der Waals surface area contributed by atoms with Crippen molar-refractivity contribution in [1.82, 2.24) is 10.6 Å². The molecule has 0 aliphatic heterocycles. The first kappa shape index (κ1) is 17.6. The second kappa shape index (κ2) is 8.19. The van der Waals surface area contributed by atoms with E-state index >= 15 is 0 Å². The van der Waals surface area contributed by atoms with E-state index in [4.69, 9.17) is 4.74 Å². The third-order valence-corrected chi connectivity index (χ3v) is 3.54. The van der Waals surface area contributed by atoms with Crippen LogP contribution in [0, 0.1) is 5.92 Å². The fraction of sp³-hybridized carbons (Fsp3) is 0.562. The van der Waals surface area contributed by atoms with Crippen LogP contribution in [0.25, 0.3) is 0 Å². The fourth-order valence-corrected chi connectivity index (χ4v) is 1.97. The number of nitrogens with one attached hydrogen (secondary N) is 2. The summed E-state index contributed by atoms with van der Waals surface area (Å²) in [6.07, 6.45) is -1.10. The maximum absolute atomic E-state index is 12.4. The number of amides is 2. The van der Waals surface area contributed by atoms with Gasteiger partial charge in [-0.25, -0.2) is 4.79 Å². The third-order valence-electron chi connectivity index (χ3n) is 3.54. The predicted octanol–water partition coefficient (Wildman–Crippen LogP) is 3.32. The second-order valence-corrected chi connectivity index (χ2v) is 5.68. The second-order valence-electron chi connectivity index (χ2n) is 5.68. The van der Waals surface area contributed by atoms with Crippen molar-refractivity contribution >= 4 is 6.03 Å². The Bertz CT molecular complexity index is 499. The van der Waals surface area contributed by atoms with Crippen LogP contribution < -0.4 is 10.6 Å². The van der Waals surface area contributed by atoms with Crippen LogP contribution in [-0.4, -0.2) is 25.8 Å². The quantitative estimate of drug-likeness (QED) is 0.719. The average molecular weight is 330 g/mol. The van der Waals surface area contributed by atoms with Crippen LogP contribution in [0.2, 0.25) is 0 Å². The van der Waals surface area contributed by atoms with Crippen LogP contribution in [0.4, 0.5) is 18.0 Å². The molecule has 128 valence electrons. The molecule has 4 nitrogen and oxygen atoms in total. The zero-order valence-corrected chi connectivity index (χ0v) is 12.8. The molecule has 1 aliphatic carbocycles. The van der Waals surface area contributed by atoms with Gasteiger partial charge in [-0.3, -0.25) is 0 Å². The van der Waals surface area contributed by atoms with Gasteiger partial charge in [-0.15, -0.1) is 0 Å². The summed E-state index contributed by atoms with van der Waals surface area (Å²) in [5, 5.41) is 5.29. The van der Waals surface area contributed by atoms with Crippen molar-refractivity contribution in [2.24, 2.45) is 5.92 Å². The highest BCUT2D eigenvalue weighted by atomic mass is 19.4. The SMILES string of the molecule is O=C(NCCCOCC1CC1)NCc1ccc(C(F)(F)F)cc1. The summed E-state index contributed by atoms with van der Waals surface area (Å²) in [5.74, 6) is 0.731. The van der Waals surface area contributed by atoms with Crippen molar-refractivity contribution in [3.05, 3.63) is 35.4 Å². The molecule has 2 amide bonds. The third kappa shape index (κ3) is 6.90. The molecule has 2 rings (SSSR count). The van der Waals surface area contributed by atoms with Crippen LogP contribution >= 0.6 is 0 Å². The minimum Gasteiger partial charge on any atom is -0.381 e. The van der Waals surface area contributed by atoms with Crippen molar-refractivity contribution in [2.75, 3.05) is 19.8 Å². The highest BCUT2D eigenvalue weighted by Crippen LogP contribution is 2.29. The summed E-state index contributed by atoms with van der Waals surface area (Å²) in [6.45, 7) is 2.11. The lowest BCUT2D eigenvalue weighted by molar-refractivity contribution is -0.137. The summed E-state index contributed by atoms with van der Waals surface area (Å²) < 4.78 is 42.7. The predicted molar refractivity (Wildman–Crippen MR) is 79.8 cm³/mol. The minimum absolute atomic E-state index is 0.183. The van der Waals surface area contributed by atoms with Crippen molar-refractivity contribution < 1.29 is 22.7 Å². The van der Waals surface area contributed by atoms with Gasteiger partial charge in [0.25, 0.3) is 0 Å². The highest BCUT2D eigenvalue weighted by molar-refractivity contribution is 5.73. The lowest BCUT2D eigenvalue weighted by atomic mass is 10.1. The highest BCUT2D eigenvalue weighted by Gasteiger charge is 2.29. The van der Waals surface area contributed by atoms with E-state index in [2.05, 4.69) is 10.6 Å². The first-order chi connectivity index (χ1) is 10.9. The van der Waals surface area contributed by atoms with Crippen molar-refractivity contribution in [3.63, 3.8) is 0 Å². The molecular formula is C16H21F3N2O2. The number of carbonyl (C=O) groups is 1. The molecule has 0 atom stereocenters. The lowest BCUT2D eigenvalue weighted by Gasteiger charge is -2.09. The molecule has 0 unspecified atom stereocenters. The van der Waals surface area contributed by atoms with Crippen LogP contribution in [0.3, 0.4) is 0 Å². The first-order valence-electron chi connectivity index (χ1n) is 7.71. The topological polar surface area (TPSA) is 50.4 Å². The van der Waals surface area contributed by atoms with Gasteiger partial charge in [0.1, 0.15) is 0 Å². The maximum atomic E-state index is 12.4. The molecule has 1 aromatic rings. The van der Waals surface area contributed by atoms with Gasteiger partial charge in [0.2, 0.25) is 0 Å². The number of hydrogen-bond donors (Lipinski definition) is 2. The molecule has 1 saturated carbocycles. The lowest BCUT2D eigenvalue weighted by Crippen LogP contribution is -2.35. The molecule has 0 spiro atoms. The molecule has 23 heavy (non-hydrogen) atoms. The number of urea groups is 1. The molecule has 0 radical (unpaired) electrons. The van der Waals surface area contributed by atoms with Gasteiger partial charge in [0, 0.05) is 26.3 Å². The summed E-state index contributed by atoms with van der Waals surface area (Å²) in [6, 6.07) is 4.38. The van der Waals surface area contributed by atoms with E-state index in [0.717, 1.165) is 31.1 Å². The van der Waals surface area contributed by atoms with E-state index in [1.54, 1.807) is 0 Å². The Labute approximate surface area is 133 Å². The zero-order valence-electron chi connectivity index (χ0n) is 12.8. The maximum Gasteiger partial charge on any atom is 0.416 e. The Morgan fingerprint density at radius 3 is 2.48 bits per heavy atom. The van der Waals surface area contributed by atoms with Gasteiger partial charge in [-0.05, 0) is 42.9 Å². The standard InChI is InChI=1S/C16H21F3N2O2/c17-16(18,19)14-6-4-12(5-7-14)10-21-15(22)20-8-1-9-23-11-13-2-3-13/h4-7,13H,1-3,8-11H2,(H2,20,21,22). The molecule has 7 heteroatoms. The molecule has 1 aromatic carbocycles. The van der Waals surface area contributed by atoms with Crippen LogP contribution in [0.5, 0.6) is 0 Å². The monoisotopic (exact) mass is 330 g/mol. The first-order valence-corrected chi connectivity index (χ1v) is 7.71. The van der Waals surface area contributed by atoms with Gasteiger partial charge in [-0.1, -0.05) is 12.1 Å². The Balaban J connectivity index is 1.56. The summed E-state index contributed by atoms with van der Waals surface area (Å²) in [4.78, 5) is 11.6. The molecule has 0 aromatic heterocycles. The van der Waals surface area contributed by atoms with E-state index in [1.807, 2.05) is 0 Å². The number of hydrogen-bond acceptors (Lipinski definition) is 2. The smallest absolute Gasteiger partial charge is 0.381 e. The summed E-state index contributed by atoms with van der Waals surface area (Å²) in [5.41, 5.74) is -0.0854. The number of halogens is 3. The number of rotatable bonds is 8. The van der Waals surface area contributed by atoms with Crippen LogP contribution in [-0.2, 0) is 17.5 Å². The van der Waals surface area contributed by atoms with E-state index < -0.39 is 11.7 Å². The van der Waals surface area contributed by atoms with E-state index in [9.17, 15) is 18.0 Å². The minimum atomic E-state index is -4.34. The Hall–Kier alpha value is -1.76. The van der Waals surface area contributed by atoms with Crippen LogP contribution in [0.15, 0.2) is 24.3 Å². The normalized spacial score (nSPS) is 14.6. The van der Waals surface area contributed by atoms with Crippen LogP contribution in [0.1, 0.15) is 30.4 Å². The van der Waals surface area contributed by atoms with E-state index in [0.29, 0.717) is 18.7 Å². The molecule has 1 fully saturated rings. The van der Waals surface area contributed by atoms with Crippen molar-refractivity contribution in [3.8, 4) is 0 Å². The largest absolute Gasteiger partial charge is 0.416 e. The number of alkyl halides is 3.